The van der Waals surface area contributed by atoms with E-state index in [2.05, 4.69) is 30.4 Å². The lowest BCUT2D eigenvalue weighted by molar-refractivity contribution is 0.415. The maximum Gasteiger partial charge on any atom is 0.194 e. The number of aryl methyl sites for hydroxylation is 1. The molecule has 0 fully saturated rings. The monoisotopic (exact) mass is 543 g/mol. The van der Waals surface area contributed by atoms with Crippen LogP contribution in [0, 0.1) is 0 Å². The minimum Gasteiger partial charge on any atom is -0.497 e. The van der Waals surface area contributed by atoms with E-state index < -0.39 is 0 Å². The fraction of sp³-hybridized carbons (Fsp3) is 0.350. The lowest BCUT2D eigenvalue weighted by atomic mass is 10.2. The summed E-state index contributed by atoms with van der Waals surface area (Å²) in [6.45, 7) is 3.88. The highest BCUT2D eigenvalue weighted by molar-refractivity contribution is 14.0. The number of hydrogen-bond acceptors (Lipinski definition) is 4. The van der Waals surface area contributed by atoms with Gasteiger partial charge in [-0.15, -0.1) is 24.0 Å². The van der Waals surface area contributed by atoms with Crippen molar-refractivity contribution >= 4 is 41.5 Å². The van der Waals surface area contributed by atoms with Gasteiger partial charge in [0.1, 0.15) is 18.1 Å². The number of nitrogens with one attached hydrogen (secondary N) is 2. The molecule has 0 radical (unpaired) electrons. The molecule has 2 aromatic heterocycles. The predicted octanol–water partition coefficient (Wildman–Crippen LogP) is 3.69. The molecule has 30 heavy (non-hydrogen) atoms. The number of methoxy groups -OCH3 is 1. The predicted molar refractivity (Wildman–Crippen MR) is 130 cm³/mol. The van der Waals surface area contributed by atoms with Gasteiger partial charge in [0.15, 0.2) is 11.8 Å². The van der Waals surface area contributed by atoms with E-state index in [-0.39, 0.29) is 24.0 Å². The van der Waals surface area contributed by atoms with Crippen molar-refractivity contribution in [2.24, 2.45) is 12.0 Å². The normalized spacial score (nSPS) is 11.2. The van der Waals surface area contributed by atoms with Crippen LogP contribution >= 0.6 is 35.6 Å². The Bertz CT molecular complexity index is 968. The molecule has 0 spiro atoms. The third-order valence-electron chi connectivity index (χ3n) is 4.43. The number of halogens is 2. The molecular formula is C20H27ClIN7O. The van der Waals surface area contributed by atoms with E-state index in [0.29, 0.717) is 24.7 Å². The quantitative estimate of drug-likeness (QED) is 0.270. The highest BCUT2D eigenvalue weighted by Gasteiger charge is 2.11. The number of aromatic amines is 1. The van der Waals surface area contributed by atoms with E-state index in [4.69, 9.17) is 16.3 Å². The Hall–Kier alpha value is -2.27. The van der Waals surface area contributed by atoms with Crippen molar-refractivity contribution in [3.05, 3.63) is 53.1 Å². The van der Waals surface area contributed by atoms with Gasteiger partial charge in [-0.3, -0.25) is 5.10 Å². The summed E-state index contributed by atoms with van der Waals surface area (Å²) in [5.74, 6) is 2.91. The van der Waals surface area contributed by atoms with E-state index in [1.807, 2.05) is 62.1 Å². The summed E-state index contributed by atoms with van der Waals surface area (Å²) in [6, 6.07) is 9.59. The van der Waals surface area contributed by atoms with E-state index in [9.17, 15) is 0 Å². The molecule has 10 heteroatoms. The van der Waals surface area contributed by atoms with Crippen LogP contribution in [0.3, 0.4) is 0 Å². The number of guanidine groups is 1. The number of H-pyrrole nitrogens is 1. The van der Waals surface area contributed by atoms with Crippen LogP contribution in [0.4, 0.5) is 0 Å². The Balaban J connectivity index is 0.00000320. The molecule has 3 rings (SSSR count). The Morgan fingerprint density at radius 1 is 1.33 bits per heavy atom. The molecule has 0 amide bonds. The van der Waals surface area contributed by atoms with Crippen molar-refractivity contribution < 1.29 is 4.74 Å². The molecule has 2 heterocycles. The topological polar surface area (TPSA) is 83.4 Å². The summed E-state index contributed by atoms with van der Waals surface area (Å²) in [5, 5.41) is 11.3. The molecule has 1 aromatic carbocycles. The Morgan fingerprint density at radius 2 is 2.07 bits per heavy atom. The molecule has 0 unspecified atom stereocenters. The van der Waals surface area contributed by atoms with E-state index >= 15 is 0 Å². The van der Waals surface area contributed by atoms with Gasteiger partial charge in [0.2, 0.25) is 0 Å². The maximum absolute atomic E-state index is 6.09. The molecule has 0 bridgehead atoms. The fourth-order valence-corrected chi connectivity index (χ4v) is 3.17. The van der Waals surface area contributed by atoms with E-state index in [1.54, 1.807) is 7.11 Å². The minimum atomic E-state index is 0. The molecular weight excluding hydrogens is 517 g/mol. The molecule has 0 atom stereocenters. The summed E-state index contributed by atoms with van der Waals surface area (Å²) >= 11 is 6.09. The standard InChI is InChI=1S/C20H26ClN7O.HI/c1-5-22-20(28(3)13-16-10-15(21)12-27(16)2)23-11-18-24-19(26-25-18)14-6-8-17(29-4)9-7-14;/h6-10,12H,5,11,13H2,1-4H3,(H,22,23)(H,24,25,26);1H. The highest BCUT2D eigenvalue weighted by Crippen LogP contribution is 2.19. The van der Waals surface area contributed by atoms with Gasteiger partial charge in [0, 0.05) is 38.1 Å². The van der Waals surface area contributed by atoms with Crippen LogP contribution in [0.15, 0.2) is 41.5 Å². The van der Waals surface area contributed by atoms with Gasteiger partial charge in [0.25, 0.3) is 0 Å². The maximum atomic E-state index is 6.09. The smallest absolute Gasteiger partial charge is 0.194 e. The molecule has 162 valence electrons. The molecule has 0 aliphatic carbocycles. The molecule has 0 aliphatic rings. The zero-order valence-corrected chi connectivity index (χ0v) is 20.6. The Labute approximate surface area is 198 Å². The first-order valence-corrected chi connectivity index (χ1v) is 9.73. The van der Waals surface area contributed by atoms with Gasteiger partial charge in [-0.25, -0.2) is 9.98 Å². The van der Waals surface area contributed by atoms with Crippen LogP contribution in [-0.2, 0) is 20.1 Å². The molecule has 2 N–H and O–H groups in total. The second kappa shape index (κ2) is 11.2. The van der Waals surface area contributed by atoms with Crippen LogP contribution < -0.4 is 10.1 Å². The number of ether oxygens (including phenoxy) is 1. The molecule has 8 nitrogen and oxygen atoms in total. The average Bonchev–Trinajstić information content (AvgIpc) is 3.31. The number of hydrogen-bond donors (Lipinski definition) is 2. The Morgan fingerprint density at radius 3 is 2.67 bits per heavy atom. The number of benzene rings is 1. The summed E-state index contributed by atoms with van der Waals surface area (Å²) in [4.78, 5) is 11.3. The van der Waals surface area contributed by atoms with Crippen LogP contribution in [0.5, 0.6) is 5.75 Å². The molecule has 0 saturated carbocycles. The Kier molecular flexibility index (Phi) is 8.97. The summed E-state index contributed by atoms with van der Waals surface area (Å²) in [5.41, 5.74) is 2.02. The van der Waals surface area contributed by atoms with Gasteiger partial charge in [-0.2, -0.15) is 5.10 Å². The van der Waals surface area contributed by atoms with Gasteiger partial charge in [-0.05, 0) is 37.3 Å². The van der Waals surface area contributed by atoms with Crippen LogP contribution in [0.2, 0.25) is 5.02 Å². The largest absolute Gasteiger partial charge is 0.497 e. The van der Waals surface area contributed by atoms with Crippen molar-refractivity contribution in [2.45, 2.75) is 20.0 Å². The molecule has 0 aliphatic heterocycles. The zero-order valence-electron chi connectivity index (χ0n) is 17.5. The minimum absolute atomic E-state index is 0. The van der Waals surface area contributed by atoms with E-state index in [0.717, 1.165) is 34.5 Å². The average molecular weight is 544 g/mol. The summed E-state index contributed by atoms with van der Waals surface area (Å²) in [7, 11) is 5.61. The zero-order chi connectivity index (χ0) is 20.8. The van der Waals surface area contributed by atoms with Crippen LogP contribution in [0.1, 0.15) is 18.4 Å². The third kappa shape index (κ3) is 6.11. The van der Waals surface area contributed by atoms with Crippen LogP contribution in [0.25, 0.3) is 11.4 Å². The van der Waals surface area contributed by atoms with Crippen molar-refractivity contribution in [3.8, 4) is 17.1 Å². The van der Waals surface area contributed by atoms with Crippen molar-refractivity contribution in [2.75, 3.05) is 20.7 Å². The van der Waals surface area contributed by atoms with Crippen molar-refractivity contribution in [1.29, 1.82) is 0 Å². The third-order valence-corrected chi connectivity index (χ3v) is 4.64. The summed E-state index contributed by atoms with van der Waals surface area (Å²) in [6.07, 6.45) is 1.89. The first-order chi connectivity index (χ1) is 14.0. The lowest BCUT2D eigenvalue weighted by Crippen LogP contribution is -2.38. The molecule has 3 aromatic rings. The second-order valence-electron chi connectivity index (χ2n) is 6.62. The lowest BCUT2D eigenvalue weighted by Gasteiger charge is -2.22. The number of nitrogens with zero attached hydrogens (tertiary/aromatic N) is 5. The SMILES string of the molecule is CCNC(=NCc1nc(-c2ccc(OC)cc2)n[nH]1)N(C)Cc1cc(Cl)cn1C.I. The molecule has 0 saturated heterocycles. The number of rotatable bonds is 7. The van der Waals surface area contributed by atoms with Crippen LogP contribution in [-0.4, -0.2) is 51.3 Å². The highest BCUT2D eigenvalue weighted by atomic mass is 127. The fourth-order valence-electron chi connectivity index (χ4n) is 2.90. The number of aliphatic imine (C=N–C) groups is 1. The van der Waals surface area contributed by atoms with Gasteiger partial charge >= 0.3 is 0 Å². The van der Waals surface area contributed by atoms with Gasteiger partial charge in [0.05, 0.1) is 18.7 Å². The first-order valence-electron chi connectivity index (χ1n) is 9.36. The van der Waals surface area contributed by atoms with Gasteiger partial charge in [-0.1, -0.05) is 11.6 Å². The number of aromatic nitrogens is 4. The summed E-state index contributed by atoms with van der Waals surface area (Å²) < 4.78 is 7.20. The second-order valence-corrected chi connectivity index (χ2v) is 7.06. The van der Waals surface area contributed by atoms with E-state index in [1.165, 1.54) is 0 Å². The van der Waals surface area contributed by atoms with Gasteiger partial charge < -0.3 is 19.5 Å². The first kappa shape index (κ1) is 24.0. The van der Waals surface area contributed by atoms with Crippen molar-refractivity contribution in [1.82, 2.24) is 30.0 Å². The van der Waals surface area contributed by atoms with Crippen molar-refractivity contribution in [3.63, 3.8) is 0 Å².